The van der Waals surface area contributed by atoms with Crippen molar-refractivity contribution >= 4 is 11.5 Å². The van der Waals surface area contributed by atoms with Crippen molar-refractivity contribution in [2.45, 2.75) is 6.43 Å². The number of anilines is 1. The summed E-state index contributed by atoms with van der Waals surface area (Å²) in [4.78, 5) is 7.33. The third kappa shape index (κ3) is 2.16. The van der Waals surface area contributed by atoms with Crippen molar-refractivity contribution in [3.63, 3.8) is 0 Å². The Kier molecular flexibility index (Phi) is 2.96. The van der Waals surface area contributed by atoms with E-state index in [0.29, 0.717) is 6.20 Å². The quantitative estimate of drug-likeness (QED) is 0.738. The Morgan fingerprint density at radius 2 is 1.81 bits per heavy atom. The monoisotopic (exact) mass is 297 g/mol. The van der Waals surface area contributed by atoms with Gasteiger partial charge in [-0.2, -0.15) is 0 Å². The Morgan fingerprint density at radius 1 is 1.05 bits per heavy atom. The molecule has 0 unspecified atom stereocenters. The second-order valence-electron chi connectivity index (χ2n) is 4.18. The number of alkyl halides is 2. The van der Waals surface area contributed by atoms with Gasteiger partial charge in [-0.1, -0.05) is 0 Å². The summed E-state index contributed by atoms with van der Waals surface area (Å²) in [5.74, 6) is -1.94. The summed E-state index contributed by atoms with van der Waals surface area (Å²) in [5, 5.41) is 3.79. The zero-order valence-electron chi connectivity index (χ0n) is 10.3. The van der Waals surface area contributed by atoms with E-state index in [9.17, 15) is 17.6 Å². The summed E-state index contributed by atoms with van der Waals surface area (Å²) in [5.41, 5.74) is 4.61. The Labute approximate surface area is 115 Å². The minimum atomic E-state index is -3.01. The van der Waals surface area contributed by atoms with Gasteiger partial charge in [0.25, 0.3) is 6.43 Å². The van der Waals surface area contributed by atoms with E-state index in [-0.39, 0.29) is 22.9 Å². The van der Waals surface area contributed by atoms with Crippen LogP contribution in [-0.2, 0) is 0 Å². The predicted molar refractivity (Wildman–Crippen MR) is 65.5 cm³/mol. The minimum absolute atomic E-state index is 0.00363. The van der Waals surface area contributed by atoms with E-state index in [1.54, 1.807) is 0 Å². The molecule has 0 aliphatic carbocycles. The van der Waals surface area contributed by atoms with Crippen LogP contribution in [0.3, 0.4) is 0 Å². The molecular weight excluding hydrogens is 290 g/mol. The van der Waals surface area contributed by atoms with E-state index in [4.69, 9.17) is 5.73 Å². The summed E-state index contributed by atoms with van der Waals surface area (Å²) in [6.07, 6.45) is -1.21. The largest absolute Gasteiger partial charge is 0.367 e. The fourth-order valence-corrected chi connectivity index (χ4v) is 1.91. The first-order valence-corrected chi connectivity index (χ1v) is 5.71. The van der Waals surface area contributed by atoms with Crippen LogP contribution in [0.1, 0.15) is 12.0 Å². The molecule has 3 heterocycles. The molecule has 0 aliphatic heterocycles. The predicted octanol–water partition coefficient (Wildman–Crippen LogP) is 2.59. The maximum atomic E-state index is 13.8. The maximum absolute atomic E-state index is 13.8. The Balaban J connectivity index is 2.25. The molecule has 108 valence electrons. The van der Waals surface area contributed by atoms with Crippen molar-refractivity contribution in [3.05, 3.63) is 41.7 Å². The van der Waals surface area contributed by atoms with Gasteiger partial charge < -0.3 is 5.73 Å². The SMILES string of the molecule is Nc1ncc2c(F)cc(-c3cc(C(F)F)c(F)cn3)n2n1. The van der Waals surface area contributed by atoms with Crippen LogP contribution in [-0.4, -0.2) is 19.6 Å². The molecule has 2 N–H and O–H groups in total. The minimum Gasteiger partial charge on any atom is -0.367 e. The lowest BCUT2D eigenvalue weighted by Gasteiger charge is -2.05. The van der Waals surface area contributed by atoms with Gasteiger partial charge in [0.1, 0.15) is 11.3 Å². The highest BCUT2D eigenvalue weighted by Gasteiger charge is 2.19. The molecular formula is C12H7F4N5. The van der Waals surface area contributed by atoms with Crippen molar-refractivity contribution in [2.75, 3.05) is 5.73 Å². The van der Waals surface area contributed by atoms with Crippen molar-refractivity contribution in [1.29, 1.82) is 0 Å². The number of nitrogens with two attached hydrogens (primary N) is 1. The van der Waals surface area contributed by atoms with Crippen molar-refractivity contribution in [2.24, 2.45) is 0 Å². The molecule has 3 rings (SSSR count). The lowest BCUT2D eigenvalue weighted by atomic mass is 10.2. The fourth-order valence-electron chi connectivity index (χ4n) is 1.91. The fraction of sp³-hybridized carbons (Fsp3) is 0.0833. The normalized spacial score (nSPS) is 11.5. The van der Waals surface area contributed by atoms with E-state index >= 15 is 0 Å². The number of pyridine rings is 1. The number of hydrogen-bond acceptors (Lipinski definition) is 4. The van der Waals surface area contributed by atoms with E-state index in [1.807, 2.05) is 0 Å². The molecule has 21 heavy (non-hydrogen) atoms. The molecule has 9 heteroatoms. The molecule has 0 amide bonds. The zero-order chi connectivity index (χ0) is 15.1. The lowest BCUT2D eigenvalue weighted by molar-refractivity contribution is 0.146. The molecule has 0 aliphatic rings. The molecule has 0 bridgehead atoms. The number of nitrogen functional groups attached to an aromatic ring is 1. The Hall–Kier alpha value is -2.71. The van der Waals surface area contributed by atoms with E-state index < -0.39 is 23.6 Å². The van der Waals surface area contributed by atoms with Crippen LogP contribution < -0.4 is 5.73 Å². The van der Waals surface area contributed by atoms with Crippen molar-refractivity contribution in [3.8, 4) is 11.4 Å². The third-order valence-electron chi connectivity index (χ3n) is 2.87. The van der Waals surface area contributed by atoms with Crippen LogP contribution in [0.5, 0.6) is 0 Å². The van der Waals surface area contributed by atoms with Gasteiger partial charge in [-0.3, -0.25) is 4.98 Å². The summed E-state index contributed by atoms with van der Waals surface area (Å²) >= 11 is 0. The van der Waals surface area contributed by atoms with Crippen LogP contribution >= 0.6 is 0 Å². The van der Waals surface area contributed by atoms with Crippen molar-refractivity contribution in [1.82, 2.24) is 19.6 Å². The summed E-state index contributed by atoms with van der Waals surface area (Å²) in [6, 6.07) is 1.89. The van der Waals surface area contributed by atoms with E-state index in [1.165, 1.54) is 0 Å². The van der Waals surface area contributed by atoms with Crippen LogP contribution in [0.4, 0.5) is 23.5 Å². The van der Waals surface area contributed by atoms with Crippen molar-refractivity contribution < 1.29 is 17.6 Å². The standard InChI is InChI=1S/C12H7F4N5/c13-6-2-9(21-10(6)4-19-12(17)20-21)8-1-5(11(15)16)7(14)3-18-8/h1-4,11H,(H2,17,20). The second-order valence-corrected chi connectivity index (χ2v) is 4.18. The highest BCUT2D eigenvalue weighted by atomic mass is 19.3. The average molecular weight is 297 g/mol. The van der Waals surface area contributed by atoms with Crippen LogP contribution in [0.2, 0.25) is 0 Å². The van der Waals surface area contributed by atoms with Crippen LogP contribution in [0, 0.1) is 11.6 Å². The highest BCUT2D eigenvalue weighted by Crippen LogP contribution is 2.28. The summed E-state index contributed by atoms with van der Waals surface area (Å²) < 4.78 is 53.5. The molecule has 5 nitrogen and oxygen atoms in total. The molecule has 0 saturated carbocycles. The second kappa shape index (κ2) is 4.69. The van der Waals surface area contributed by atoms with Gasteiger partial charge in [0.05, 0.1) is 29.3 Å². The molecule has 3 aromatic heterocycles. The molecule has 3 aromatic rings. The van der Waals surface area contributed by atoms with Gasteiger partial charge in [-0.05, 0) is 6.07 Å². The number of hydrogen-bond donors (Lipinski definition) is 1. The molecule has 0 aromatic carbocycles. The van der Waals surface area contributed by atoms with Gasteiger partial charge in [-0.15, -0.1) is 5.10 Å². The zero-order valence-corrected chi connectivity index (χ0v) is 10.3. The molecule has 0 spiro atoms. The van der Waals surface area contributed by atoms with Crippen LogP contribution in [0.25, 0.3) is 16.9 Å². The first-order chi connectivity index (χ1) is 9.97. The first kappa shape index (κ1) is 13.3. The number of aromatic nitrogens is 4. The number of fused-ring (bicyclic) bond motifs is 1. The molecule has 0 fully saturated rings. The third-order valence-corrected chi connectivity index (χ3v) is 2.87. The van der Waals surface area contributed by atoms with Gasteiger partial charge >= 0.3 is 0 Å². The Morgan fingerprint density at radius 3 is 2.52 bits per heavy atom. The highest BCUT2D eigenvalue weighted by molar-refractivity contribution is 5.64. The smallest absolute Gasteiger partial charge is 0.266 e. The number of nitrogens with zero attached hydrogens (tertiary/aromatic N) is 4. The molecule has 0 atom stereocenters. The van der Waals surface area contributed by atoms with Gasteiger partial charge in [0.15, 0.2) is 5.82 Å². The van der Waals surface area contributed by atoms with Gasteiger partial charge in [0, 0.05) is 6.07 Å². The number of halogens is 4. The van der Waals surface area contributed by atoms with Gasteiger partial charge in [0.2, 0.25) is 5.95 Å². The van der Waals surface area contributed by atoms with E-state index in [0.717, 1.165) is 22.8 Å². The molecule has 0 radical (unpaired) electrons. The molecule has 0 saturated heterocycles. The lowest BCUT2D eigenvalue weighted by Crippen LogP contribution is -2.03. The summed E-state index contributed by atoms with van der Waals surface area (Å²) in [7, 11) is 0. The Bertz CT molecular complexity index is 830. The van der Waals surface area contributed by atoms with E-state index in [2.05, 4.69) is 15.1 Å². The summed E-state index contributed by atoms with van der Waals surface area (Å²) in [6.45, 7) is 0. The topological polar surface area (TPSA) is 69.1 Å². The maximum Gasteiger partial charge on any atom is 0.266 e. The average Bonchev–Trinajstić information content (AvgIpc) is 2.76. The number of rotatable bonds is 2. The first-order valence-electron chi connectivity index (χ1n) is 5.71. The van der Waals surface area contributed by atoms with Gasteiger partial charge in [-0.25, -0.2) is 27.1 Å². The van der Waals surface area contributed by atoms with Crippen LogP contribution in [0.15, 0.2) is 24.5 Å².